The number of alkyl halides is 3. The highest BCUT2D eigenvalue weighted by Crippen LogP contribution is 2.29. The number of nitrogens with one attached hydrogen (secondary N) is 2. The van der Waals surface area contributed by atoms with E-state index >= 15 is 0 Å². The molecule has 4 rings (SSSR count). The second-order valence-electron chi connectivity index (χ2n) is 6.96. The number of rotatable bonds is 5. The highest BCUT2D eigenvalue weighted by Gasteiger charge is 2.29. The van der Waals surface area contributed by atoms with Gasteiger partial charge in [0.15, 0.2) is 11.2 Å². The van der Waals surface area contributed by atoms with Crippen LogP contribution < -0.4 is 10.9 Å². The molecule has 0 amide bonds. The van der Waals surface area contributed by atoms with E-state index in [9.17, 15) is 18.0 Å². The topological polar surface area (TPSA) is 75.6 Å². The van der Waals surface area contributed by atoms with Gasteiger partial charge in [0.05, 0.1) is 5.56 Å². The van der Waals surface area contributed by atoms with E-state index in [1.54, 1.807) is 35.9 Å². The van der Waals surface area contributed by atoms with E-state index in [2.05, 4.69) is 20.3 Å². The van der Waals surface area contributed by atoms with Crippen molar-refractivity contribution in [3.63, 3.8) is 0 Å². The van der Waals surface area contributed by atoms with Crippen molar-refractivity contribution in [1.82, 2.24) is 19.5 Å². The summed E-state index contributed by atoms with van der Waals surface area (Å²) in [4.78, 5) is 24.0. The minimum absolute atomic E-state index is 0.209. The van der Waals surface area contributed by atoms with Gasteiger partial charge < -0.3 is 9.88 Å². The van der Waals surface area contributed by atoms with Crippen LogP contribution in [0.3, 0.4) is 0 Å². The summed E-state index contributed by atoms with van der Waals surface area (Å²) < 4.78 is 39.7. The number of fused-ring (bicyclic) bond motifs is 1. The molecule has 0 spiro atoms. The number of benzene rings is 2. The third-order valence-corrected chi connectivity index (χ3v) is 5.07. The number of aromatic amines is 1. The smallest absolute Gasteiger partial charge is 0.355 e. The molecule has 0 aliphatic carbocycles. The van der Waals surface area contributed by atoms with E-state index < -0.39 is 17.3 Å². The van der Waals surface area contributed by atoms with Gasteiger partial charge in [-0.15, -0.1) is 0 Å². The first kappa shape index (κ1) is 20.9. The third-order valence-electron chi connectivity index (χ3n) is 4.82. The van der Waals surface area contributed by atoms with Crippen LogP contribution in [0.25, 0.3) is 22.6 Å². The minimum Gasteiger partial charge on any atom is -0.355 e. The monoisotopic (exact) mass is 447 g/mol. The Kier molecular flexibility index (Phi) is 5.45. The summed E-state index contributed by atoms with van der Waals surface area (Å²) in [7, 11) is 1.76. The van der Waals surface area contributed by atoms with Gasteiger partial charge in [-0.25, -0.2) is 4.98 Å². The Hall–Kier alpha value is -3.33. The molecule has 0 saturated heterocycles. The van der Waals surface area contributed by atoms with Crippen molar-refractivity contribution >= 4 is 28.7 Å². The van der Waals surface area contributed by atoms with Crippen LogP contribution in [0.15, 0.2) is 53.3 Å². The number of anilines is 1. The summed E-state index contributed by atoms with van der Waals surface area (Å²) in [6, 6.07) is 12.1. The lowest BCUT2D eigenvalue weighted by molar-refractivity contribution is -0.137. The zero-order valence-corrected chi connectivity index (χ0v) is 17.1. The zero-order valence-electron chi connectivity index (χ0n) is 16.3. The van der Waals surface area contributed by atoms with Gasteiger partial charge in [-0.2, -0.15) is 18.2 Å². The Morgan fingerprint density at radius 1 is 1.06 bits per heavy atom. The lowest BCUT2D eigenvalue weighted by Crippen LogP contribution is -2.15. The predicted molar refractivity (Wildman–Crippen MR) is 113 cm³/mol. The molecule has 2 N–H and O–H groups in total. The summed E-state index contributed by atoms with van der Waals surface area (Å²) in [5, 5.41) is 3.60. The predicted octanol–water partition coefficient (Wildman–Crippen LogP) is 4.65. The molecule has 2 aromatic heterocycles. The Labute approximate surface area is 179 Å². The normalized spacial score (nSPS) is 11.8. The number of halogens is 4. The summed E-state index contributed by atoms with van der Waals surface area (Å²) in [5.74, 6) is 0.835. The van der Waals surface area contributed by atoms with Crippen LogP contribution in [0.5, 0.6) is 0 Å². The van der Waals surface area contributed by atoms with Crippen molar-refractivity contribution in [2.24, 2.45) is 7.05 Å². The molecule has 2 aromatic carbocycles. The zero-order chi connectivity index (χ0) is 22.2. The van der Waals surface area contributed by atoms with Crippen molar-refractivity contribution in [2.45, 2.75) is 12.6 Å². The molecule has 0 atom stereocenters. The highest BCUT2D eigenvalue weighted by atomic mass is 35.5. The molecule has 0 unspecified atom stereocenters. The van der Waals surface area contributed by atoms with Gasteiger partial charge in [-0.1, -0.05) is 23.7 Å². The molecule has 0 aliphatic rings. The largest absolute Gasteiger partial charge is 0.416 e. The molecule has 160 valence electrons. The van der Waals surface area contributed by atoms with Gasteiger partial charge in [0.1, 0.15) is 5.82 Å². The fraction of sp³-hybridized carbons (Fsp3) is 0.190. The number of hydrogen-bond donors (Lipinski definition) is 2. The van der Waals surface area contributed by atoms with Crippen molar-refractivity contribution in [3.8, 4) is 11.4 Å². The first-order valence-corrected chi connectivity index (χ1v) is 9.73. The number of aromatic nitrogens is 4. The second-order valence-corrected chi connectivity index (χ2v) is 7.40. The molecule has 6 nitrogen and oxygen atoms in total. The number of hydrogen-bond acceptors (Lipinski definition) is 4. The molecular weight excluding hydrogens is 431 g/mol. The molecule has 0 fully saturated rings. The third kappa shape index (κ3) is 4.41. The van der Waals surface area contributed by atoms with Crippen molar-refractivity contribution < 1.29 is 13.2 Å². The number of H-pyrrole nitrogens is 1. The Morgan fingerprint density at radius 3 is 2.39 bits per heavy atom. The van der Waals surface area contributed by atoms with E-state index in [1.165, 1.54) is 12.1 Å². The first-order chi connectivity index (χ1) is 14.7. The van der Waals surface area contributed by atoms with Crippen LogP contribution in [0.2, 0.25) is 5.02 Å². The van der Waals surface area contributed by atoms with Crippen LogP contribution in [-0.2, 0) is 19.6 Å². The van der Waals surface area contributed by atoms with E-state index in [0.29, 0.717) is 29.5 Å². The molecule has 4 aromatic rings. The Bertz CT molecular complexity index is 1280. The van der Waals surface area contributed by atoms with Gasteiger partial charge in [-0.3, -0.25) is 9.78 Å². The van der Waals surface area contributed by atoms with Crippen LogP contribution >= 0.6 is 11.6 Å². The number of aryl methyl sites for hydroxylation is 1. The maximum atomic E-state index is 12.7. The molecule has 31 heavy (non-hydrogen) atoms. The maximum Gasteiger partial charge on any atom is 0.416 e. The average molecular weight is 448 g/mol. The van der Waals surface area contributed by atoms with Gasteiger partial charge in [-0.05, 0) is 48.4 Å². The number of imidazole rings is 1. The quantitative estimate of drug-likeness (QED) is 0.467. The lowest BCUT2D eigenvalue weighted by Gasteiger charge is -2.08. The summed E-state index contributed by atoms with van der Waals surface area (Å²) in [6.07, 6.45) is -3.90. The average Bonchev–Trinajstić information content (AvgIpc) is 3.06. The van der Waals surface area contributed by atoms with Crippen LogP contribution in [-0.4, -0.2) is 26.1 Å². The molecule has 0 saturated carbocycles. The van der Waals surface area contributed by atoms with Crippen LogP contribution in [0.4, 0.5) is 19.1 Å². The standard InChI is InChI=1S/C21H17ClF3N5O/c1-30-17(13-4-8-15(22)9-5-13)27-16-18(30)28-20(29-19(16)31)26-11-10-12-2-6-14(7-3-12)21(23,24)25/h2-9H,10-11H2,1H3,(H2,26,28,29,31). The molecule has 0 aliphatic heterocycles. The maximum absolute atomic E-state index is 12.7. The molecular formula is C21H17ClF3N5O. The van der Waals surface area contributed by atoms with Crippen molar-refractivity contribution in [3.05, 3.63) is 75.0 Å². The highest BCUT2D eigenvalue weighted by molar-refractivity contribution is 6.30. The SMILES string of the molecule is Cn1c(-c2ccc(Cl)cc2)nc2c(=O)[nH]c(NCCc3ccc(C(F)(F)F)cc3)nc21. The van der Waals surface area contributed by atoms with Crippen LogP contribution in [0.1, 0.15) is 11.1 Å². The van der Waals surface area contributed by atoms with Gasteiger partial charge in [0.25, 0.3) is 5.56 Å². The van der Waals surface area contributed by atoms with E-state index in [-0.39, 0.29) is 11.5 Å². The Morgan fingerprint density at radius 2 is 1.74 bits per heavy atom. The first-order valence-electron chi connectivity index (χ1n) is 9.35. The fourth-order valence-electron chi connectivity index (χ4n) is 3.20. The second kappa shape index (κ2) is 8.07. The molecule has 2 heterocycles. The lowest BCUT2D eigenvalue weighted by atomic mass is 10.1. The van der Waals surface area contributed by atoms with E-state index in [0.717, 1.165) is 23.3 Å². The minimum atomic E-state index is -4.36. The summed E-state index contributed by atoms with van der Waals surface area (Å²) >= 11 is 5.93. The fourth-order valence-corrected chi connectivity index (χ4v) is 3.32. The van der Waals surface area contributed by atoms with E-state index in [4.69, 9.17) is 11.6 Å². The van der Waals surface area contributed by atoms with Crippen molar-refractivity contribution in [2.75, 3.05) is 11.9 Å². The van der Waals surface area contributed by atoms with Gasteiger partial charge >= 0.3 is 6.18 Å². The van der Waals surface area contributed by atoms with Gasteiger partial charge in [0, 0.05) is 24.2 Å². The summed E-state index contributed by atoms with van der Waals surface area (Å²) in [5.41, 5.74) is 1.06. The molecule has 10 heteroatoms. The van der Waals surface area contributed by atoms with Gasteiger partial charge in [0.2, 0.25) is 5.95 Å². The van der Waals surface area contributed by atoms with E-state index in [1.807, 2.05) is 0 Å². The summed E-state index contributed by atoms with van der Waals surface area (Å²) in [6.45, 7) is 0.377. The Balaban J connectivity index is 1.52. The number of nitrogens with zero attached hydrogens (tertiary/aromatic N) is 3. The van der Waals surface area contributed by atoms with Crippen molar-refractivity contribution in [1.29, 1.82) is 0 Å². The molecule has 0 bridgehead atoms. The molecule has 0 radical (unpaired) electrons. The van der Waals surface area contributed by atoms with Crippen LogP contribution in [0, 0.1) is 0 Å².